The maximum absolute atomic E-state index is 6.21. The Morgan fingerprint density at radius 2 is 1.46 bits per heavy atom. The molecule has 130 valence electrons. The van der Waals surface area contributed by atoms with Crippen LogP contribution in [0.4, 0.5) is 0 Å². The molecule has 1 aliphatic rings. The van der Waals surface area contributed by atoms with E-state index >= 15 is 0 Å². The number of hydrogen-bond donors (Lipinski definition) is 0. The van der Waals surface area contributed by atoms with Crippen molar-refractivity contribution in [2.24, 2.45) is 0 Å². The summed E-state index contributed by atoms with van der Waals surface area (Å²) in [6.45, 7) is 8.37. The average Bonchev–Trinajstić information content (AvgIpc) is 3.08. The molecule has 0 bridgehead atoms. The van der Waals surface area contributed by atoms with E-state index in [2.05, 4.69) is 82.3 Å². The molecule has 0 amide bonds. The van der Waals surface area contributed by atoms with Gasteiger partial charge in [-0.3, -0.25) is 0 Å². The molecule has 0 aliphatic carbocycles. The van der Waals surface area contributed by atoms with Gasteiger partial charge in [-0.25, -0.2) is 0 Å². The van der Waals surface area contributed by atoms with E-state index in [1.54, 1.807) is 0 Å². The van der Waals surface area contributed by atoms with Gasteiger partial charge >= 0.3 is 7.12 Å². The summed E-state index contributed by atoms with van der Waals surface area (Å²) in [6, 6.07) is 19.7. The predicted molar refractivity (Wildman–Crippen MR) is 113 cm³/mol. The maximum atomic E-state index is 6.21. The fourth-order valence-corrected chi connectivity index (χ4v) is 4.89. The van der Waals surface area contributed by atoms with E-state index in [1.165, 1.54) is 30.9 Å². The third-order valence-corrected chi connectivity index (χ3v) is 7.13. The lowest BCUT2D eigenvalue weighted by molar-refractivity contribution is 0.00578. The van der Waals surface area contributed by atoms with Gasteiger partial charge in [-0.05, 0) is 50.0 Å². The van der Waals surface area contributed by atoms with Crippen molar-refractivity contribution in [3.05, 3.63) is 54.6 Å². The van der Waals surface area contributed by atoms with Crippen molar-refractivity contribution in [3.8, 4) is 0 Å². The first-order chi connectivity index (χ1) is 12.4. The first-order valence-corrected chi connectivity index (χ1v) is 9.87. The lowest BCUT2D eigenvalue weighted by atomic mass is 9.78. The van der Waals surface area contributed by atoms with Gasteiger partial charge in [0.1, 0.15) is 0 Å². The summed E-state index contributed by atoms with van der Waals surface area (Å²) >= 11 is 1.87. The van der Waals surface area contributed by atoms with E-state index in [0.29, 0.717) is 0 Å². The first-order valence-electron chi connectivity index (χ1n) is 9.05. The zero-order valence-corrected chi connectivity index (χ0v) is 16.3. The molecule has 4 heteroatoms. The number of benzene rings is 3. The molecule has 5 rings (SSSR count). The van der Waals surface area contributed by atoms with Crippen molar-refractivity contribution in [3.63, 3.8) is 0 Å². The minimum atomic E-state index is -0.317. The van der Waals surface area contributed by atoms with E-state index in [9.17, 15) is 0 Å². The molecule has 1 fully saturated rings. The monoisotopic (exact) mass is 360 g/mol. The maximum Gasteiger partial charge on any atom is 0.494 e. The Labute approximate surface area is 157 Å². The molecule has 3 aromatic carbocycles. The van der Waals surface area contributed by atoms with E-state index in [4.69, 9.17) is 9.31 Å². The lowest BCUT2D eigenvalue weighted by Gasteiger charge is -2.32. The normalized spacial score (nSPS) is 19.0. The topological polar surface area (TPSA) is 18.5 Å². The van der Waals surface area contributed by atoms with Crippen LogP contribution in [0, 0.1) is 0 Å². The van der Waals surface area contributed by atoms with E-state index < -0.39 is 0 Å². The molecule has 0 atom stereocenters. The number of fused-ring (bicyclic) bond motifs is 5. The second kappa shape index (κ2) is 5.32. The SMILES string of the molecule is CC1(C)OB(c2ccc3c(ccc4c5ccccc5sc34)c2)OC1(C)C. The van der Waals surface area contributed by atoms with Gasteiger partial charge in [-0.15, -0.1) is 11.3 Å². The van der Waals surface area contributed by atoms with Gasteiger partial charge in [0.25, 0.3) is 0 Å². The Kier molecular flexibility index (Phi) is 3.34. The predicted octanol–water partition coefficient (Wildman–Crippen LogP) is 5.51. The molecular weight excluding hydrogens is 339 g/mol. The van der Waals surface area contributed by atoms with Crippen LogP contribution in [0.5, 0.6) is 0 Å². The first kappa shape index (κ1) is 16.3. The van der Waals surface area contributed by atoms with Crippen LogP contribution in [-0.2, 0) is 9.31 Å². The van der Waals surface area contributed by atoms with Crippen LogP contribution in [0.25, 0.3) is 30.9 Å². The molecule has 0 N–H and O–H groups in total. The van der Waals surface area contributed by atoms with Crippen molar-refractivity contribution in [2.45, 2.75) is 38.9 Å². The van der Waals surface area contributed by atoms with Gasteiger partial charge in [0.05, 0.1) is 11.2 Å². The highest BCUT2D eigenvalue weighted by molar-refractivity contribution is 7.26. The molecule has 1 saturated heterocycles. The third kappa shape index (κ3) is 2.26. The van der Waals surface area contributed by atoms with Gasteiger partial charge < -0.3 is 9.31 Å². The summed E-state index contributed by atoms with van der Waals surface area (Å²) in [5, 5.41) is 5.20. The Morgan fingerprint density at radius 1 is 0.769 bits per heavy atom. The molecule has 1 aliphatic heterocycles. The minimum Gasteiger partial charge on any atom is -0.399 e. The van der Waals surface area contributed by atoms with Gasteiger partial charge in [-0.2, -0.15) is 0 Å². The Bertz CT molecular complexity index is 1140. The van der Waals surface area contributed by atoms with Crippen molar-refractivity contribution < 1.29 is 9.31 Å². The number of thiophene rings is 1. The van der Waals surface area contributed by atoms with Gasteiger partial charge in [0.15, 0.2) is 0 Å². The van der Waals surface area contributed by atoms with Crippen LogP contribution in [0.2, 0.25) is 0 Å². The summed E-state index contributed by atoms with van der Waals surface area (Å²) in [5.41, 5.74) is 0.445. The molecule has 0 spiro atoms. The molecule has 4 aromatic rings. The Balaban J connectivity index is 1.65. The Hall–Kier alpha value is -1.88. The van der Waals surface area contributed by atoms with Crippen LogP contribution in [0.1, 0.15) is 27.7 Å². The fourth-order valence-electron chi connectivity index (χ4n) is 3.66. The summed E-state index contributed by atoms with van der Waals surface area (Å²) < 4.78 is 15.1. The standard InChI is InChI=1S/C22H21BO2S/c1-21(2)22(3,4)25-23(24-21)15-10-12-16-14(13-15)9-11-18-17-7-5-6-8-19(17)26-20(16)18/h5-13H,1-4H3. The average molecular weight is 360 g/mol. The number of hydrogen-bond acceptors (Lipinski definition) is 3. The quantitative estimate of drug-likeness (QED) is 0.417. The van der Waals surface area contributed by atoms with Gasteiger partial charge in [-0.1, -0.05) is 48.5 Å². The van der Waals surface area contributed by atoms with E-state index in [1.807, 2.05) is 11.3 Å². The fraction of sp³-hybridized carbons (Fsp3) is 0.273. The number of rotatable bonds is 1. The molecule has 2 heterocycles. The highest BCUT2D eigenvalue weighted by atomic mass is 32.1. The Morgan fingerprint density at radius 3 is 2.23 bits per heavy atom. The second-order valence-corrected chi connectivity index (χ2v) is 9.16. The van der Waals surface area contributed by atoms with Gasteiger partial charge in [0.2, 0.25) is 0 Å². The minimum absolute atomic E-state index is 0.317. The van der Waals surface area contributed by atoms with Crippen LogP contribution in [0.3, 0.4) is 0 Å². The highest BCUT2D eigenvalue weighted by Gasteiger charge is 2.51. The molecule has 26 heavy (non-hydrogen) atoms. The zero-order chi connectivity index (χ0) is 18.1. The summed E-state index contributed by atoms with van der Waals surface area (Å²) in [6.07, 6.45) is 0. The van der Waals surface area contributed by atoms with Crippen molar-refractivity contribution in [2.75, 3.05) is 0 Å². The smallest absolute Gasteiger partial charge is 0.399 e. The summed E-state index contributed by atoms with van der Waals surface area (Å²) in [4.78, 5) is 0. The van der Waals surface area contributed by atoms with Gasteiger partial charge in [0, 0.05) is 20.2 Å². The lowest BCUT2D eigenvalue weighted by Crippen LogP contribution is -2.41. The molecule has 0 radical (unpaired) electrons. The van der Waals surface area contributed by atoms with Crippen molar-refractivity contribution in [1.82, 2.24) is 0 Å². The van der Waals surface area contributed by atoms with Crippen LogP contribution in [-0.4, -0.2) is 18.3 Å². The molecule has 0 saturated carbocycles. The zero-order valence-electron chi connectivity index (χ0n) is 15.5. The van der Waals surface area contributed by atoms with Crippen LogP contribution in [0.15, 0.2) is 54.6 Å². The summed E-state index contributed by atoms with van der Waals surface area (Å²) in [7, 11) is -0.317. The summed E-state index contributed by atoms with van der Waals surface area (Å²) in [5.74, 6) is 0. The van der Waals surface area contributed by atoms with Crippen LogP contribution >= 0.6 is 11.3 Å². The largest absolute Gasteiger partial charge is 0.494 e. The molecule has 2 nitrogen and oxygen atoms in total. The molecule has 1 aromatic heterocycles. The molecule has 0 unspecified atom stereocenters. The molecular formula is C22H21BO2S. The van der Waals surface area contributed by atoms with Crippen LogP contribution < -0.4 is 5.46 Å². The third-order valence-electron chi connectivity index (χ3n) is 5.91. The van der Waals surface area contributed by atoms with Crippen molar-refractivity contribution >= 4 is 54.9 Å². The van der Waals surface area contributed by atoms with E-state index in [-0.39, 0.29) is 18.3 Å². The second-order valence-electron chi connectivity index (χ2n) is 8.11. The highest BCUT2D eigenvalue weighted by Crippen LogP contribution is 2.39. The van der Waals surface area contributed by atoms with E-state index in [0.717, 1.165) is 5.46 Å². The van der Waals surface area contributed by atoms with Crippen molar-refractivity contribution in [1.29, 1.82) is 0 Å².